The van der Waals surface area contributed by atoms with E-state index in [-0.39, 0.29) is 5.92 Å². The van der Waals surface area contributed by atoms with Gasteiger partial charge < -0.3 is 4.74 Å². The highest BCUT2D eigenvalue weighted by atomic mass is 32.2. The third kappa shape index (κ3) is 2.60. The third-order valence-electron chi connectivity index (χ3n) is 4.76. The number of nitrogens with zero attached hydrogens (tertiary/aromatic N) is 2. The van der Waals surface area contributed by atoms with Gasteiger partial charge >= 0.3 is 0 Å². The molecule has 21 heavy (non-hydrogen) atoms. The molecule has 6 heteroatoms. The van der Waals surface area contributed by atoms with Crippen LogP contribution in [0.1, 0.15) is 18.9 Å². The van der Waals surface area contributed by atoms with Gasteiger partial charge in [-0.15, -0.1) is 0 Å². The summed E-state index contributed by atoms with van der Waals surface area (Å²) in [6, 6.07) is 3.96. The van der Waals surface area contributed by atoms with Crippen molar-refractivity contribution >= 4 is 9.84 Å². The van der Waals surface area contributed by atoms with Crippen LogP contribution in [0.15, 0.2) is 24.5 Å². The average molecular weight is 310 g/mol. The molecule has 0 aromatic carbocycles. The Kier molecular flexibility index (Phi) is 4.03. The standard InChI is InChI=1S/C15H22N2O3S/c1-2-20-10-14-5-8-21(18,19)15(14)11-17(12-15)9-13-3-6-16-7-4-13/h3-4,6-7,14H,2,5,8-12H2,1H3/t14-/m0/s1. The van der Waals surface area contributed by atoms with Gasteiger partial charge in [0.15, 0.2) is 9.84 Å². The second-order valence-electron chi connectivity index (χ2n) is 6.03. The van der Waals surface area contributed by atoms with Gasteiger partial charge in [-0.2, -0.15) is 0 Å². The average Bonchev–Trinajstić information content (AvgIpc) is 2.69. The summed E-state index contributed by atoms with van der Waals surface area (Å²) >= 11 is 0. The van der Waals surface area contributed by atoms with Crippen LogP contribution in [-0.2, 0) is 21.1 Å². The molecule has 3 rings (SSSR count). The van der Waals surface area contributed by atoms with Crippen molar-refractivity contribution in [2.75, 3.05) is 32.1 Å². The summed E-state index contributed by atoms with van der Waals surface area (Å²) in [6.07, 6.45) is 4.29. The van der Waals surface area contributed by atoms with Gasteiger partial charge in [0.25, 0.3) is 0 Å². The highest BCUT2D eigenvalue weighted by Gasteiger charge is 2.61. The van der Waals surface area contributed by atoms with Crippen molar-refractivity contribution in [3.63, 3.8) is 0 Å². The van der Waals surface area contributed by atoms with Gasteiger partial charge in [0, 0.05) is 44.6 Å². The quantitative estimate of drug-likeness (QED) is 0.815. The fourth-order valence-corrected chi connectivity index (χ4v) is 5.99. The molecule has 2 saturated heterocycles. The van der Waals surface area contributed by atoms with Crippen LogP contribution >= 0.6 is 0 Å². The summed E-state index contributed by atoms with van der Waals surface area (Å²) in [6.45, 7) is 5.23. The first-order valence-corrected chi connectivity index (χ1v) is 9.14. The largest absolute Gasteiger partial charge is 0.381 e. The van der Waals surface area contributed by atoms with Crippen molar-refractivity contribution in [1.82, 2.24) is 9.88 Å². The number of ether oxygens (including phenoxy) is 1. The lowest BCUT2D eigenvalue weighted by molar-refractivity contribution is 0.0292. The van der Waals surface area contributed by atoms with E-state index in [1.54, 1.807) is 12.4 Å². The Bertz CT molecular complexity index is 582. The summed E-state index contributed by atoms with van der Waals surface area (Å²) in [4.78, 5) is 6.21. The third-order valence-corrected chi connectivity index (χ3v) is 7.36. The van der Waals surface area contributed by atoms with Crippen molar-refractivity contribution < 1.29 is 13.2 Å². The molecule has 1 atom stereocenters. The Morgan fingerprint density at radius 1 is 1.38 bits per heavy atom. The zero-order valence-electron chi connectivity index (χ0n) is 12.4. The highest BCUT2D eigenvalue weighted by Crippen LogP contribution is 2.45. The monoisotopic (exact) mass is 310 g/mol. The van der Waals surface area contributed by atoms with E-state index in [0.717, 1.165) is 13.0 Å². The van der Waals surface area contributed by atoms with Crippen molar-refractivity contribution in [1.29, 1.82) is 0 Å². The Labute approximate surface area is 126 Å². The molecule has 0 radical (unpaired) electrons. The van der Waals surface area contributed by atoms with E-state index in [4.69, 9.17) is 4.74 Å². The van der Waals surface area contributed by atoms with Crippen LogP contribution in [-0.4, -0.2) is 55.1 Å². The molecule has 2 fully saturated rings. The van der Waals surface area contributed by atoms with Crippen molar-refractivity contribution in [3.8, 4) is 0 Å². The summed E-state index contributed by atoms with van der Waals surface area (Å²) in [5.74, 6) is 0.463. The number of hydrogen-bond acceptors (Lipinski definition) is 5. The van der Waals surface area contributed by atoms with Crippen LogP contribution < -0.4 is 0 Å². The number of sulfone groups is 1. The first kappa shape index (κ1) is 14.9. The van der Waals surface area contributed by atoms with Crippen LogP contribution in [0.25, 0.3) is 0 Å². The minimum atomic E-state index is -2.99. The summed E-state index contributed by atoms with van der Waals surface area (Å²) in [7, 11) is -2.99. The van der Waals surface area contributed by atoms with Gasteiger partial charge in [-0.05, 0) is 31.0 Å². The van der Waals surface area contributed by atoms with Crippen molar-refractivity contribution in [3.05, 3.63) is 30.1 Å². The molecular weight excluding hydrogens is 288 g/mol. The molecule has 1 aromatic rings. The van der Waals surface area contributed by atoms with Crippen LogP contribution in [0.5, 0.6) is 0 Å². The maximum absolute atomic E-state index is 12.4. The molecule has 0 N–H and O–H groups in total. The fraction of sp³-hybridized carbons (Fsp3) is 0.667. The second kappa shape index (κ2) is 5.66. The molecule has 0 bridgehead atoms. The Balaban J connectivity index is 1.67. The minimum absolute atomic E-state index is 0.149. The molecule has 3 heterocycles. The zero-order valence-corrected chi connectivity index (χ0v) is 13.2. The second-order valence-corrected chi connectivity index (χ2v) is 8.48. The van der Waals surface area contributed by atoms with Crippen LogP contribution in [0, 0.1) is 5.92 Å². The van der Waals surface area contributed by atoms with Gasteiger partial charge in [-0.1, -0.05) is 0 Å². The first-order chi connectivity index (χ1) is 10.1. The number of aromatic nitrogens is 1. The van der Waals surface area contributed by atoms with E-state index >= 15 is 0 Å². The van der Waals surface area contributed by atoms with Gasteiger partial charge in [0.2, 0.25) is 0 Å². The molecular formula is C15H22N2O3S. The Morgan fingerprint density at radius 3 is 2.76 bits per heavy atom. The number of rotatable bonds is 5. The molecule has 116 valence electrons. The molecule has 1 aromatic heterocycles. The summed E-state index contributed by atoms with van der Waals surface area (Å²) in [5.41, 5.74) is 1.18. The molecule has 0 unspecified atom stereocenters. The van der Waals surface area contributed by atoms with Crippen LogP contribution in [0.3, 0.4) is 0 Å². The molecule has 5 nitrogen and oxygen atoms in total. The van der Waals surface area contributed by atoms with E-state index in [0.29, 0.717) is 32.1 Å². The SMILES string of the molecule is CCOC[C@@H]1CCS(=O)(=O)C12CN(Cc1ccncc1)C2. The van der Waals surface area contributed by atoms with Crippen LogP contribution in [0.2, 0.25) is 0 Å². The Morgan fingerprint density at radius 2 is 2.10 bits per heavy atom. The van der Waals surface area contributed by atoms with Gasteiger partial charge in [0.05, 0.1) is 12.4 Å². The maximum atomic E-state index is 12.4. The van der Waals surface area contributed by atoms with Gasteiger partial charge in [0.1, 0.15) is 4.75 Å². The lowest BCUT2D eigenvalue weighted by atomic mass is 9.83. The molecule has 0 aliphatic carbocycles. The normalized spacial score (nSPS) is 26.8. The smallest absolute Gasteiger partial charge is 0.158 e. The molecule has 0 amide bonds. The van der Waals surface area contributed by atoms with Crippen molar-refractivity contribution in [2.24, 2.45) is 5.92 Å². The first-order valence-electron chi connectivity index (χ1n) is 7.49. The van der Waals surface area contributed by atoms with E-state index < -0.39 is 14.6 Å². The van der Waals surface area contributed by atoms with Gasteiger partial charge in [-0.3, -0.25) is 9.88 Å². The summed E-state index contributed by atoms with van der Waals surface area (Å²) < 4.78 is 29.8. The van der Waals surface area contributed by atoms with Crippen LogP contribution in [0.4, 0.5) is 0 Å². The van der Waals surface area contributed by atoms with E-state index in [1.807, 2.05) is 19.1 Å². The summed E-state index contributed by atoms with van der Waals surface area (Å²) in [5, 5.41) is 0. The van der Waals surface area contributed by atoms with Crippen molar-refractivity contribution in [2.45, 2.75) is 24.6 Å². The highest BCUT2D eigenvalue weighted by molar-refractivity contribution is 7.93. The zero-order chi connectivity index (χ0) is 14.9. The lowest BCUT2D eigenvalue weighted by Gasteiger charge is -2.50. The Hall–Kier alpha value is -0.980. The molecule has 2 aliphatic heterocycles. The molecule has 0 saturated carbocycles. The molecule has 2 aliphatic rings. The maximum Gasteiger partial charge on any atom is 0.158 e. The fourth-order valence-electron chi connectivity index (χ4n) is 3.54. The number of likely N-dealkylation sites (tertiary alicyclic amines) is 1. The van der Waals surface area contributed by atoms with E-state index in [2.05, 4.69) is 9.88 Å². The molecule has 1 spiro atoms. The van der Waals surface area contributed by atoms with E-state index in [1.165, 1.54) is 5.56 Å². The topological polar surface area (TPSA) is 59.5 Å². The number of pyridine rings is 1. The lowest BCUT2D eigenvalue weighted by Crippen LogP contribution is -2.67. The number of hydrogen-bond donors (Lipinski definition) is 0. The minimum Gasteiger partial charge on any atom is -0.381 e. The van der Waals surface area contributed by atoms with E-state index in [9.17, 15) is 8.42 Å². The predicted molar refractivity (Wildman–Crippen MR) is 80.6 cm³/mol. The van der Waals surface area contributed by atoms with Gasteiger partial charge in [-0.25, -0.2) is 8.42 Å². The predicted octanol–water partition coefficient (Wildman–Crippen LogP) is 1.11.